The molecule has 0 spiro atoms. The van der Waals surface area contributed by atoms with Gasteiger partial charge < -0.3 is 14.7 Å². The van der Waals surface area contributed by atoms with E-state index in [0.717, 1.165) is 71.1 Å². The molecule has 1 aromatic carbocycles. The van der Waals surface area contributed by atoms with Crippen LogP contribution in [0.4, 0.5) is 11.8 Å². The Balaban J connectivity index is 1.28. The number of aromatic nitrogens is 3. The normalized spacial score (nSPS) is 18.4. The number of rotatable bonds is 6. The highest BCUT2D eigenvalue weighted by Crippen LogP contribution is 2.16. The van der Waals surface area contributed by atoms with E-state index in [-0.39, 0.29) is 0 Å². The molecule has 2 aliphatic rings. The first-order valence-corrected chi connectivity index (χ1v) is 10.1. The molecule has 0 aliphatic carbocycles. The van der Waals surface area contributed by atoms with Crippen molar-refractivity contribution in [3.8, 4) is 0 Å². The second-order valence-electron chi connectivity index (χ2n) is 7.34. The van der Waals surface area contributed by atoms with E-state index in [1.807, 2.05) is 6.07 Å². The number of carbonyl (C=O) groups is 1. The second kappa shape index (κ2) is 9.47. The number of carbonyl (C=O) groups excluding carboxylic acids is 1. The minimum atomic E-state index is 0.694. The average Bonchev–Trinajstić information content (AvgIpc) is 2.80. The lowest BCUT2D eigenvalue weighted by atomic mass is 10.2. The monoisotopic (exact) mass is 393 g/mol. The van der Waals surface area contributed by atoms with Gasteiger partial charge in [0, 0.05) is 58.9 Å². The van der Waals surface area contributed by atoms with Crippen molar-refractivity contribution in [2.75, 3.05) is 68.7 Å². The lowest BCUT2D eigenvalue weighted by molar-refractivity contribution is -0.118. The third-order valence-electron chi connectivity index (χ3n) is 5.45. The Hall–Kier alpha value is -3.00. The molecule has 0 saturated carbocycles. The van der Waals surface area contributed by atoms with E-state index in [9.17, 15) is 4.79 Å². The summed E-state index contributed by atoms with van der Waals surface area (Å²) in [5, 5.41) is 8.43. The highest BCUT2D eigenvalue weighted by atomic mass is 16.1. The van der Waals surface area contributed by atoms with Gasteiger partial charge in [0.1, 0.15) is 0 Å². The Labute approximate surface area is 171 Å². The van der Waals surface area contributed by atoms with Crippen LogP contribution < -0.4 is 9.80 Å². The van der Waals surface area contributed by atoms with Gasteiger partial charge in [-0.1, -0.05) is 42.5 Å². The van der Waals surface area contributed by atoms with Crippen molar-refractivity contribution in [1.29, 1.82) is 0 Å². The van der Waals surface area contributed by atoms with Crippen LogP contribution in [0.5, 0.6) is 0 Å². The van der Waals surface area contributed by atoms with E-state index in [1.54, 1.807) is 11.1 Å². The molecule has 0 atom stereocenters. The fourth-order valence-electron chi connectivity index (χ4n) is 3.66. The first kappa shape index (κ1) is 19.3. The van der Waals surface area contributed by atoms with Crippen LogP contribution in [0.2, 0.25) is 0 Å². The number of anilines is 2. The third-order valence-corrected chi connectivity index (χ3v) is 5.45. The van der Waals surface area contributed by atoms with Gasteiger partial charge in [-0.15, -0.1) is 5.10 Å². The largest absolute Gasteiger partial charge is 0.352 e. The molecule has 0 radical (unpaired) electrons. The zero-order chi connectivity index (χ0) is 19.9. The molecule has 29 heavy (non-hydrogen) atoms. The minimum Gasteiger partial charge on any atom is -0.352 e. The lowest BCUT2D eigenvalue weighted by Gasteiger charge is -2.35. The van der Waals surface area contributed by atoms with Gasteiger partial charge in [0.2, 0.25) is 12.4 Å². The van der Waals surface area contributed by atoms with E-state index in [0.29, 0.717) is 5.95 Å². The van der Waals surface area contributed by atoms with Crippen LogP contribution in [0.15, 0.2) is 42.6 Å². The smallest absolute Gasteiger partial charge is 0.247 e. The Kier molecular flexibility index (Phi) is 6.31. The summed E-state index contributed by atoms with van der Waals surface area (Å²) in [5.74, 6) is 1.54. The standard InChI is InChI=1S/C21H27N7O/c29-18-26-11-13-27(14-12-26)20-17-22-24-21(23-20)28-15-9-25(10-16-28)8-4-7-19-5-2-1-3-6-19/h1-7,17-18H,8-16H2/b7-4+. The van der Waals surface area contributed by atoms with Crippen molar-refractivity contribution in [2.45, 2.75) is 0 Å². The number of nitrogens with zero attached hydrogens (tertiary/aromatic N) is 7. The van der Waals surface area contributed by atoms with E-state index in [4.69, 9.17) is 4.98 Å². The maximum atomic E-state index is 10.9. The lowest BCUT2D eigenvalue weighted by Crippen LogP contribution is -2.48. The molecule has 8 heteroatoms. The Bertz CT molecular complexity index is 813. The van der Waals surface area contributed by atoms with Crippen LogP contribution in [-0.4, -0.2) is 90.3 Å². The van der Waals surface area contributed by atoms with E-state index < -0.39 is 0 Å². The van der Waals surface area contributed by atoms with E-state index in [1.165, 1.54) is 5.56 Å². The van der Waals surface area contributed by atoms with Crippen LogP contribution in [0, 0.1) is 0 Å². The third kappa shape index (κ3) is 5.08. The van der Waals surface area contributed by atoms with Gasteiger partial charge in [-0.25, -0.2) is 0 Å². The number of amides is 1. The summed E-state index contributed by atoms with van der Waals surface area (Å²) >= 11 is 0. The van der Waals surface area contributed by atoms with Crippen LogP contribution in [-0.2, 0) is 4.79 Å². The molecular weight excluding hydrogens is 366 g/mol. The van der Waals surface area contributed by atoms with Gasteiger partial charge in [-0.05, 0) is 5.56 Å². The zero-order valence-corrected chi connectivity index (χ0v) is 16.6. The molecule has 152 valence electrons. The maximum absolute atomic E-state index is 10.9. The van der Waals surface area contributed by atoms with E-state index in [2.05, 4.69) is 61.3 Å². The summed E-state index contributed by atoms with van der Waals surface area (Å²) in [6.45, 7) is 7.68. The average molecular weight is 393 g/mol. The topological polar surface area (TPSA) is 68.7 Å². The number of piperazine rings is 2. The van der Waals surface area contributed by atoms with Gasteiger partial charge in [-0.2, -0.15) is 10.1 Å². The first-order chi connectivity index (χ1) is 14.3. The number of benzene rings is 1. The molecule has 2 aliphatic heterocycles. The summed E-state index contributed by atoms with van der Waals surface area (Å²) in [7, 11) is 0. The predicted octanol–water partition coefficient (Wildman–Crippen LogP) is 0.985. The molecule has 1 aromatic heterocycles. The van der Waals surface area contributed by atoms with Crippen molar-refractivity contribution in [3.05, 3.63) is 48.2 Å². The SMILES string of the molecule is O=CN1CCN(c2cnnc(N3CCN(C/C=C/c4ccccc4)CC3)n2)CC1. The van der Waals surface area contributed by atoms with Crippen LogP contribution in [0.25, 0.3) is 6.08 Å². The summed E-state index contributed by atoms with van der Waals surface area (Å²) in [4.78, 5) is 24.2. The number of hydrogen-bond acceptors (Lipinski definition) is 7. The number of hydrogen-bond donors (Lipinski definition) is 0. The zero-order valence-electron chi connectivity index (χ0n) is 16.6. The van der Waals surface area contributed by atoms with Crippen LogP contribution in [0.3, 0.4) is 0 Å². The van der Waals surface area contributed by atoms with Gasteiger partial charge >= 0.3 is 0 Å². The summed E-state index contributed by atoms with van der Waals surface area (Å²) in [6, 6.07) is 10.4. The molecule has 0 N–H and O–H groups in total. The fourth-order valence-corrected chi connectivity index (χ4v) is 3.66. The molecule has 8 nitrogen and oxygen atoms in total. The summed E-state index contributed by atoms with van der Waals surface area (Å²) in [5.41, 5.74) is 1.23. The van der Waals surface area contributed by atoms with Gasteiger partial charge in [0.15, 0.2) is 5.82 Å². The van der Waals surface area contributed by atoms with Crippen molar-refractivity contribution in [3.63, 3.8) is 0 Å². The summed E-state index contributed by atoms with van der Waals surface area (Å²) < 4.78 is 0. The molecule has 0 bridgehead atoms. The van der Waals surface area contributed by atoms with Crippen molar-refractivity contribution in [1.82, 2.24) is 25.0 Å². The Morgan fingerprint density at radius 3 is 2.34 bits per heavy atom. The second-order valence-corrected chi connectivity index (χ2v) is 7.34. The van der Waals surface area contributed by atoms with Crippen molar-refractivity contribution < 1.29 is 4.79 Å². The maximum Gasteiger partial charge on any atom is 0.247 e. The van der Waals surface area contributed by atoms with Gasteiger partial charge in [-0.3, -0.25) is 9.69 Å². The van der Waals surface area contributed by atoms with Crippen LogP contribution >= 0.6 is 0 Å². The molecule has 2 saturated heterocycles. The first-order valence-electron chi connectivity index (χ1n) is 10.1. The minimum absolute atomic E-state index is 0.694. The van der Waals surface area contributed by atoms with Crippen molar-refractivity contribution >= 4 is 24.3 Å². The predicted molar refractivity (Wildman–Crippen MR) is 114 cm³/mol. The van der Waals surface area contributed by atoms with Crippen molar-refractivity contribution in [2.24, 2.45) is 0 Å². The summed E-state index contributed by atoms with van der Waals surface area (Å²) in [6.07, 6.45) is 7.02. The Morgan fingerprint density at radius 1 is 0.897 bits per heavy atom. The molecule has 2 aromatic rings. The highest BCUT2D eigenvalue weighted by Gasteiger charge is 2.21. The van der Waals surface area contributed by atoms with Gasteiger partial charge in [0.05, 0.1) is 6.20 Å². The molecular formula is C21H27N7O. The quantitative estimate of drug-likeness (QED) is 0.678. The highest BCUT2D eigenvalue weighted by molar-refractivity contribution is 5.50. The molecule has 4 rings (SSSR count). The van der Waals surface area contributed by atoms with Crippen LogP contribution in [0.1, 0.15) is 5.56 Å². The molecule has 3 heterocycles. The fraction of sp³-hybridized carbons (Fsp3) is 0.429. The molecule has 0 unspecified atom stereocenters. The molecule has 2 fully saturated rings. The van der Waals surface area contributed by atoms with Gasteiger partial charge in [0.25, 0.3) is 0 Å². The van der Waals surface area contributed by atoms with E-state index >= 15 is 0 Å². The Morgan fingerprint density at radius 2 is 1.62 bits per heavy atom. The molecule has 1 amide bonds.